The zero-order valence-corrected chi connectivity index (χ0v) is 14.1. The molecule has 1 rings (SSSR count). The van der Waals surface area contributed by atoms with E-state index in [-0.39, 0.29) is 17.4 Å². The molecule has 0 aromatic carbocycles. The minimum absolute atomic E-state index is 0.221. The molecule has 0 bridgehead atoms. The Morgan fingerprint density at radius 2 is 1.95 bits per heavy atom. The van der Waals surface area contributed by atoms with Gasteiger partial charge in [0.2, 0.25) is 5.91 Å². The lowest BCUT2D eigenvalue weighted by Crippen LogP contribution is -2.52. The van der Waals surface area contributed by atoms with Gasteiger partial charge >= 0.3 is 0 Å². The second-order valence-electron chi connectivity index (χ2n) is 7.30. The van der Waals surface area contributed by atoms with E-state index in [4.69, 9.17) is 0 Å². The molecule has 118 valence electrons. The van der Waals surface area contributed by atoms with Crippen molar-refractivity contribution in [2.24, 2.45) is 17.3 Å². The van der Waals surface area contributed by atoms with E-state index in [1.165, 1.54) is 0 Å². The van der Waals surface area contributed by atoms with Crippen molar-refractivity contribution in [1.29, 1.82) is 0 Å². The Kier molecular flexibility index (Phi) is 6.46. The quantitative estimate of drug-likeness (QED) is 0.748. The van der Waals surface area contributed by atoms with Gasteiger partial charge in [0.25, 0.3) is 0 Å². The SMILES string of the molecule is CC(C)CC(CN(C)C)NC(=O)C1(C(C)C)CCNC1. The molecule has 2 atom stereocenters. The van der Waals surface area contributed by atoms with Crippen LogP contribution >= 0.6 is 0 Å². The Hall–Kier alpha value is -0.610. The molecule has 0 radical (unpaired) electrons. The van der Waals surface area contributed by atoms with Gasteiger partial charge in [0.1, 0.15) is 0 Å². The predicted octanol–water partition coefficient (Wildman–Crippen LogP) is 1.71. The summed E-state index contributed by atoms with van der Waals surface area (Å²) in [6, 6.07) is 0.244. The Morgan fingerprint density at radius 3 is 2.35 bits per heavy atom. The van der Waals surface area contributed by atoms with Crippen LogP contribution in [0.2, 0.25) is 0 Å². The van der Waals surface area contributed by atoms with E-state index < -0.39 is 0 Å². The number of amides is 1. The van der Waals surface area contributed by atoms with Crippen LogP contribution in [0.25, 0.3) is 0 Å². The van der Waals surface area contributed by atoms with Gasteiger partial charge in [-0.25, -0.2) is 0 Å². The predicted molar refractivity (Wildman–Crippen MR) is 84.7 cm³/mol. The summed E-state index contributed by atoms with van der Waals surface area (Å²) in [7, 11) is 4.13. The van der Waals surface area contributed by atoms with Crippen LogP contribution in [-0.2, 0) is 4.79 Å². The van der Waals surface area contributed by atoms with Crippen molar-refractivity contribution in [1.82, 2.24) is 15.5 Å². The smallest absolute Gasteiger partial charge is 0.228 e. The van der Waals surface area contributed by atoms with E-state index in [1.807, 2.05) is 0 Å². The van der Waals surface area contributed by atoms with E-state index in [0.29, 0.717) is 11.8 Å². The fraction of sp³-hybridized carbons (Fsp3) is 0.938. The van der Waals surface area contributed by atoms with Crippen molar-refractivity contribution in [2.45, 2.75) is 46.6 Å². The van der Waals surface area contributed by atoms with Crippen LogP contribution in [0, 0.1) is 17.3 Å². The lowest BCUT2D eigenvalue weighted by molar-refractivity contribution is -0.133. The van der Waals surface area contributed by atoms with Crippen LogP contribution in [-0.4, -0.2) is 50.6 Å². The third-order valence-electron chi connectivity index (χ3n) is 4.42. The minimum atomic E-state index is -0.221. The Labute approximate surface area is 124 Å². The first kappa shape index (κ1) is 17.4. The summed E-state index contributed by atoms with van der Waals surface area (Å²) in [5.41, 5.74) is -0.221. The van der Waals surface area contributed by atoms with Crippen molar-refractivity contribution in [3.8, 4) is 0 Å². The van der Waals surface area contributed by atoms with E-state index in [9.17, 15) is 4.79 Å². The maximum absolute atomic E-state index is 12.8. The molecule has 2 N–H and O–H groups in total. The maximum atomic E-state index is 12.8. The number of nitrogens with zero attached hydrogens (tertiary/aromatic N) is 1. The normalized spacial score (nSPS) is 24.6. The first-order chi connectivity index (χ1) is 9.28. The zero-order chi connectivity index (χ0) is 15.3. The van der Waals surface area contributed by atoms with Gasteiger partial charge < -0.3 is 15.5 Å². The van der Waals surface area contributed by atoms with Gasteiger partial charge in [0.05, 0.1) is 5.41 Å². The van der Waals surface area contributed by atoms with E-state index in [1.54, 1.807) is 0 Å². The van der Waals surface area contributed by atoms with Gasteiger partial charge in [0, 0.05) is 19.1 Å². The Balaban J connectivity index is 2.72. The van der Waals surface area contributed by atoms with Crippen LogP contribution in [0.5, 0.6) is 0 Å². The second-order valence-corrected chi connectivity index (χ2v) is 7.30. The largest absolute Gasteiger partial charge is 0.352 e. The maximum Gasteiger partial charge on any atom is 0.228 e. The van der Waals surface area contributed by atoms with Crippen LogP contribution in [0.3, 0.4) is 0 Å². The monoisotopic (exact) mass is 283 g/mol. The van der Waals surface area contributed by atoms with Crippen molar-refractivity contribution < 1.29 is 4.79 Å². The van der Waals surface area contributed by atoms with E-state index in [2.05, 4.69) is 57.3 Å². The summed E-state index contributed by atoms with van der Waals surface area (Å²) in [5, 5.41) is 6.68. The molecular weight excluding hydrogens is 250 g/mol. The summed E-state index contributed by atoms with van der Waals surface area (Å²) in [5.74, 6) is 1.21. The number of nitrogens with one attached hydrogen (secondary N) is 2. The van der Waals surface area contributed by atoms with Crippen LogP contribution < -0.4 is 10.6 Å². The fourth-order valence-corrected chi connectivity index (χ4v) is 3.18. The fourth-order valence-electron chi connectivity index (χ4n) is 3.18. The van der Waals surface area contributed by atoms with Gasteiger partial charge in [-0.3, -0.25) is 4.79 Å². The van der Waals surface area contributed by atoms with Gasteiger partial charge in [-0.15, -0.1) is 0 Å². The van der Waals surface area contributed by atoms with Crippen molar-refractivity contribution in [3.05, 3.63) is 0 Å². The van der Waals surface area contributed by atoms with Gasteiger partial charge in [-0.1, -0.05) is 27.7 Å². The average molecular weight is 283 g/mol. The number of carbonyl (C=O) groups is 1. The first-order valence-electron chi connectivity index (χ1n) is 7.94. The molecule has 1 aliphatic heterocycles. The van der Waals surface area contributed by atoms with Crippen LogP contribution in [0.15, 0.2) is 0 Å². The highest BCUT2D eigenvalue weighted by Crippen LogP contribution is 2.34. The highest BCUT2D eigenvalue weighted by atomic mass is 16.2. The molecule has 4 nitrogen and oxygen atoms in total. The molecular formula is C16H33N3O. The first-order valence-corrected chi connectivity index (χ1v) is 7.94. The number of hydrogen-bond donors (Lipinski definition) is 2. The third-order valence-corrected chi connectivity index (χ3v) is 4.42. The molecule has 0 spiro atoms. The van der Waals surface area contributed by atoms with Crippen molar-refractivity contribution >= 4 is 5.91 Å². The molecule has 1 fully saturated rings. The summed E-state index contributed by atoms with van der Waals surface area (Å²) in [6.45, 7) is 11.4. The average Bonchev–Trinajstić information content (AvgIpc) is 2.76. The summed E-state index contributed by atoms with van der Waals surface area (Å²) < 4.78 is 0. The molecule has 0 aliphatic carbocycles. The van der Waals surface area contributed by atoms with Crippen LogP contribution in [0.1, 0.15) is 40.5 Å². The molecule has 1 heterocycles. The lowest BCUT2D eigenvalue weighted by Gasteiger charge is -2.34. The Bertz CT molecular complexity index is 297. The number of carbonyl (C=O) groups excluding carboxylic acids is 1. The van der Waals surface area contributed by atoms with E-state index in [0.717, 1.165) is 32.5 Å². The van der Waals surface area contributed by atoms with E-state index >= 15 is 0 Å². The molecule has 2 unspecified atom stereocenters. The molecule has 0 saturated carbocycles. The summed E-state index contributed by atoms with van der Waals surface area (Å²) in [6.07, 6.45) is 1.98. The standard InChI is InChI=1S/C16H33N3O/c1-12(2)9-14(10-19(5)6)18-15(20)16(13(3)4)7-8-17-11-16/h12-14,17H,7-11H2,1-6H3,(H,18,20). The molecule has 1 saturated heterocycles. The molecule has 0 aromatic rings. The molecule has 4 heteroatoms. The second kappa shape index (κ2) is 7.41. The molecule has 20 heavy (non-hydrogen) atoms. The van der Waals surface area contributed by atoms with Crippen molar-refractivity contribution in [3.63, 3.8) is 0 Å². The number of likely N-dealkylation sites (N-methyl/N-ethyl adjacent to an activating group) is 1. The van der Waals surface area contributed by atoms with Gasteiger partial charge in [0.15, 0.2) is 0 Å². The van der Waals surface area contributed by atoms with Crippen molar-refractivity contribution in [2.75, 3.05) is 33.7 Å². The summed E-state index contributed by atoms with van der Waals surface area (Å²) in [4.78, 5) is 15.0. The highest BCUT2D eigenvalue weighted by Gasteiger charge is 2.44. The molecule has 1 amide bonds. The van der Waals surface area contributed by atoms with Crippen LogP contribution in [0.4, 0.5) is 0 Å². The lowest BCUT2D eigenvalue weighted by atomic mass is 9.75. The van der Waals surface area contributed by atoms with Gasteiger partial charge in [-0.05, 0) is 45.3 Å². The Morgan fingerprint density at radius 1 is 1.30 bits per heavy atom. The summed E-state index contributed by atoms with van der Waals surface area (Å²) >= 11 is 0. The highest BCUT2D eigenvalue weighted by molar-refractivity contribution is 5.84. The third kappa shape index (κ3) is 4.45. The number of hydrogen-bond acceptors (Lipinski definition) is 3. The van der Waals surface area contributed by atoms with Gasteiger partial charge in [-0.2, -0.15) is 0 Å². The molecule has 0 aromatic heterocycles. The minimum Gasteiger partial charge on any atom is -0.352 e. The number of rotatable bonds is 7. The molecule has 1 aliphatic rings. The topological polar surface area (TPSA) is 44.4 Å². The zero-order valence-electron chi connectivity index (χ0n) is 14.1.